The van der Waals surface area contributed by atoms with Crippen LogP contribution in [0.25, 0.3) is 11.4 Å². The summed E-state index contributed by atoms with van der Waals surface area (Å²) in [4.78, 5) is 50.9. The van der Waals surface area contributed by atoms with Gasteiger partial charge in [-0.1, -0.05) is 46.0 Å². The average Bonchev–Trinajstić information content (AvgIpc) is 3.50. The van der Waals surface area contributed by atoms with Crippen LogP contribution in [0.5, 0.6) is 0 Å². The van der Waals surface area contributed by atoms with Crippen molar-refractivity contribution in [1.82, 2.24) is 20.0 Å². The summed E-state index contributed by atoms with van der Waals surface area (Å²) in [5.74, 6) is -1.80. The van der Waals surface area contributed by atoms with Crippen molar-refractivity contribution in [2.24, 2.45) is 0 Å². The average molecular weight is 597 g/mol. The Labute approximate surface area is 235 Å². The van der Waals surface area contributed by atoms with E-state index in [1.165, 1.54) is 43.4 Å². The molecule has 0 spiro atoms. The first-order valence-electron chi connectivity index (χ1n) is 11.7. The number of carbonyl (C=O) groups is 3. The molecule has 3 heterocycles. The number of esters is 3. The van der Waals surface area contributed by atoms with Gasteiger partial charge in [0.05, 0.1) is 11.9 Å². The van der Waals surface area contributed by atoms with Crippen molar-refractivity contribution in [2.45, 2.75) is 62.4 Å². The van der Waals surface area contributed by atoms with Crippen molar-refractivity contribution in [3.63, 3.8) is 0 Å². The number of aryl methyl sites for hydroxylation is 1. The Morgan fingerprint density at radius 2 is 1.87 bits per heavy atom. The molecule has 0 saturated carbocycles. The lowest BCUT2D eigenvalue weighted by atomic mass is 9.96. The van der Waals surface area contributed by atoms with Crippen molar-refractivity contribution in [3.8, 4) is 11.4 Å². The molecule has 1 aliphatic heterocycles. The van der Waals surface area contributed by atoms with E-state index in [9.17, 15) is 19.2 Å². The van der Waals surface area contributed by atoms with Crippen LogP contribution in [-0.4, -0.2) is 68.2 Å². The number of benzene rings is 1. The van der Waals surface area contributed by atoms with Crippen molar-refractivity contribution in [1.29, 1.82) is 0 Å². The zero-order chi connectivity index (χ0) is 28.3. The highest BCUT2D eigenvalue weighted by Gasteiger charge is 2.52. The number of aromatic amines is 1. The molecule has 15 heteroatoms. The highest BCUT2D eigenvalue weighted by atomic mass is 35.5. The predicted molar refractivity (Wildman–Crippen MR) is 141 cm³/mol. The van der Waals surface area contributed by atoms with Crippen LogP contribution in [0.4, 0.5) is 0 Å². The van der Waals surface area contributed by atoms with Crippen molar-refractivity contribution >= 4 is 52.6 Å². The molecule has 3 aromatic rings. The largest absolute Gasteiger partial charge is 0.463 e. The first-order valence-corrected chi connectivity index (χ1v) is 13.8. The van der Waals surface area contributed by atoms with E-state index < -0.39 is 47.7 Å². The Kier molecular flexibility index (Phi) is 9.10. The van der Waals surface area contributed by atoms with E-state index >= 15 is 0 Å². The zero-order valence-electron chi connectivity index (χ0n) is 21.3. The quantitative estimate of drug-likeness (QED) is 0.301. The molecule has 2 aromatic heterocycles. The van der Waals surface area contributed by atoms with E-state index in [1.54, 1.807) is 11.4 Å². The van der Waals surface area contributed by atoms with Gasteiger partial charge < -0.3 is 23.9 Å². The van der Waals surface area contributed by atoms with Gasteiger partial charge in [0.25, 0.3) is 0 Å². The molecule has 1 saturated heterocycles. The van der Waals surface area contributed by atoms with Gasteiger partial charge in [0.15, 0.2) is 12.2 Å². The highest BCUT2D eigenvalue weighted by molar-refractivity contribution is 7.99. The predicted octanol–water partition coefficient (Wildman–Crippen LogP) is 3.14. The third-order valence-corrected chi connectivity index (χ3v) is 7.89. The van der Waals surface area contributed by atoms with Gasteiger partial charge in [0, 0.05) is 36.1 Å². The lowest BCUT2D eigenvalue weighted by molar-refractivity contribution is -0.212. The van der Waals surface area contributed by atoms with E-state index in [2.05, 4.69) is 15.3 Å². The Morgan fingerprint density at radius 3 is 2.49 bits per heavy atom. The van der Waals surface area contributed by atoms with Crippen molar-refractivity contribution in [3.05, 3.63) is 50.0 Å². The van der Waals surface area contributed by atoms with E-state index in [1.807, 2.05) is 19.1 Å². The van der Waals surface area contributed by atoms with Gasteiger partial charge in [-0.2, -0.15) is 0 Å². The van der Waals surface area contributed by atoms with Gasteiger partial charge >= 0.3 is 22.8 Å². The fourth-order valence-electron chi connectivity index (χ4n) is 4.01. The minimum atomic E-state index is -1.10. The van der Waals surface area contributed by atoms with Crippen LogP contribution in [0.15, 0.2) is 39.5 Å². The summed E-state index contributed by atoms with van der Waals surface area (Å²) in [5.41, 5.74) is 0.796. The van der Waals surface area contributed by atoms with Gasteiger partial charge in [0.1, 0.15) is 29.9 Å². The number of hydrogen-bond donors (Lipinski definition) is 1. The summed E-state index contributed by atoms with van der Waals surface area (Å²) < 4.78 is 24.3. The SMILES string of the molecule is CC(=O)OCC1OC(Sc2ccc(C)c(Cl)c2)C(OC(C)=O)C(n2cc(-c3csc(=O)[nH]3)nn2)C1OC(C)=O. The van der Waals surface area contributed by atoms with Crippen LogP contribution in [0.2, 0.25) is 5.02 Å². The maximum absolute atomic E-state index is 12.3. The number of nitrogens with one attached hydrogen (secondary N) is 1. The molecule has 1 aliphatic rings. The third kappa shape index (κ3) is 7.06. The number of carbonyl (C=O) groups excluding carboxylic acids is 3. The van der Waals surface area contributed by atoms with E-state index in [4.69, 9.17) is 30.5 Å². The minimum absolute atomic E-state index is 0.248. The van der Waals surface area contributed by atoms with Gasteiger partial charge in [-0.05, 0) is 24.6 Å². The Hall–Kier alpha value is -3.20. The lowest BCUT2D eigenvalue weighted by Gasteiger charge is -2.44. The first-order chi connectivity index (χ1) is 18.5. The molecule has 12 nitrogen and oxygen atoms in total. The smallest absolute Gasteiger partial charge is 0.304 e. The second-order valence-electron chi connectivity index (χ2n) is 8.66. The monoisotopic (exact) mass is 596 g/mol. The molecule has 0 radical (unpaired) electrons. The molecule has 0 bridgehead atoms. The summed E-state index contributed by atoms with van der Waals surface area (Å²) in [6, 6.07) is 4.49. The Bertz CT molecular complexity index is 1420. The van der Waals surface area contributed by atoms with E-state index in [-0.39, 0.29) is 11.5 Å². The molecule has 1 N–H and O–H groups in total. The number of thiazole rings is 1. The number of H-pyrrole nitrogens is 1. The second kappa shape index (κ2) is 12.3. The van der Waals surface area contributed by atoms with Crippen molar-refractivity contribution < 1.29 is 33.3 Å². The molecule has 39 heavy (non-hydrogen) atoms. The molecule has 0 amide bonds. The fourth-order valence-corrected chi connectivity index (χ4v) is 5.98. The fraction of sp³-hybridized carbons (Fsp3) is 0.417. The Morgan fingerprint density at radius 1 is 1.15 bits per heavy atom. The first kappa shape index (κ1) is 28.8. The Balaban J connectivity index is 1.80. The summed E-state index contributed by atoms with van der Waals surface area (Å²) in [6.07, 6.45) is -1.56. The van der Waals surface area contributed by atoms with Crippen LogP contribution in [0.3, 0.4) is 0 Å². The third-order valence-electron chi connectivity index (χ3n) is 5.68. The molecule has 0 aliphatic carbocycles. The summed E-state index contributed by atoms with van der Waals surface area (Å²) in [7, 11) is 0. The minimum Gasteiger partial charge on any atom is -0.463 e. The maximum Gasteiger partial charge on any atom is 0.304 e. The molecule has 1 aromatic carbocycles. The maximum atomic E-state index is 12.3. The summed E-state index contributed by atoms with van der Waals surface area (Å²) in [6.45, 7) is 5.33. The number of ether oxygens (including phenoxy) is 4. The molecule has 5 atom stereocenters. The van der Waals surface area contributed by atoms with Gasteiger partial charge in [-0.15, -0.1) is 5.10 Å². The molecular weight excluding hydrogens is 572 g/mol. The number of hydrogen-bond acceptors (Lipinski definition) is 12. The molecule has 5 unspecified atom stereocenters. The molecular formula is C24H25ClN4O8S2. The molecule has 208 valence electrons. The summed E-state index contributed by atoms with van der Waals surface area (Å²) >= 11 is 8.53. The van der Waals surface area contributed by atoms with Crippen molar-refractivity contribution in [2.75, 3.05) is 6.61 Å². The van der Waals surface area contributed by atoms with Crippen LogP contribution in [0, 0.1) is 6.92 Å². The molecule has 4 rings (SSSR count). The number of halogens is 1. The number of thioether (sulfide) groups is 1. The van der Waals surface area contributed by atoms with Gasteiger partial charge in [-0.25, -0.2) is 4.68 Å². The standard InChI is InChI=1S/C24H25ClN4O8S2/c1-11-5-6-15(7-16(11)25)39-23-22(36-14(4)32)20(21(35-13(3)31)19(37-23)9-34-12(2)30)29-8-17(27-28-29)18-10-38-24(33)26-18/h5-8,10,19-23H,9H2,1-4H3,(H,26,33). The second-order valence-corrected chi connectivity index (χ2v) is 11.1. The van der Waals surface area contributed by atoms with E-state index in [0.29, 0.717) is 16.4 Å². The van der Waals surface area contributed by atoms with Crippen LogP contribution < -0.4 is 4.87 Å². The van der Waals surface area contributed by atoms with Gasteiger partial charge in [-0.3, -0.25) is 19.2 Å². The number of aromatic nitrogens is 4. The number of rotatable bonds is 8. The normalized spacial score (nSPS) is 22.7. The number of nitrogens with zero attached hydrogens (tertiary/aromatic N) is 3. The topological polar surface area (TPSA) is 152 Å². The van der Waals surface area contributed by atoms with Crippen LogP contribution in [-0.2, 0) is 33.3 Å². The van der Waals surface area contributed by atoms with Crippen LogP contribution >= 0.6 is 34.7 Å². The van der Waals surface area contributed by atoms with Crippen LogP contribution in [0.1, 0.15) is 32.4 Å². The van der Waals surface area contributed by atoms with Gasteiger partial charge in [0.2, 0.25) is 0 Å². The highest BCUT2D eigenvalue weighted by Crippen LogP contribution is 2.42. The summed E-state index contributed by atoms with van der Waals surface area (Å²) in [5, 5.41) is 10.5. The zero-order valence-corrected chi connectivity index (χ0v) is 23.7. The molecule has 1 fully saturated rings. The lowest BCUT2D eigenvalue weighted by Crippen LogP contribution is -2.57. The van der Waals surface area contributed by atoms with E-state index in [0.717, 1.165) is 21.8 Å².